The summed E-state index contributed by atoms with van der Waals surface area (Å²) in [6, 6.07) is 19.2. The second kappa shape index (κ2) is 11.3. The number of aromatic nitrogens is 2. The molecule has 1 amide bonds. The van der Waals surface area contributed by atoms with E-state index >= 15 is 0 Å². The van der Waals surface area contributed by atoms with E-state index in [0.29, 0.717) is 45.7 Å². The van der Waals surface area contributed by atoms with Crippen molar-refractivity contribution in [2.45, 2.75) is 24.4 Å². The summed E-state index contributed by atoms with van der Waals surface area (Å²) in [6.45, 7) is 5.84. The Hall–Kier alpha value is -4.06. The monoisotopic (exact) mass is 600 g/mol. The third-order valence-corrected chi connectivity index (χ3v) is 9.31. The number of carbonyl (C=O) groups is 1. The molecule has 42 heavy (non-hydrogen) atoms. The third kappa shape index (κ3) is 5.19. The zero-order valence-electron chi connectivity index (χ0n) is 22.9. The van der Waals surface area contributed by atoms with E-state index in [1.54, 1.807) is 10.6 Å². The lowest BCUT2D eigenvalue weighted by molar-refractivity contribution is 0.0596. The van der Waals surface area contributed by atoms with E-state index in [4.69, 9.17) is 18.9 Å². The molecule has 1 fully saturated rings. The highest BCUT2D eigenvalue weighted by atomic mass is 32.2. The largest absolute Gasteiger partial charge is 0.455 e. The van der Waals surface area contributed by atoms with Crippen molar-refractivity contribution in [3.05, 3.63) is 99.0 Å². The lowest BCUT2D eigenvalue weighted by Crippen LogP contribution is -2.48. The van der Waals surface area contributed by atoms with E-state index in [9.17, 15) is 9.59 Å². The Morgan fingerprint density at radius 3 is 2.69 bits per heavy atom. The van der Waals surface area contributed by atoms with Gasteiger partial charge in [-0.1, -0.05) is 36.0 Å². The molecule has 1 saturated heterocycles. The molecule has 9 nitrogen and oxygen atoms in total. The van der Waals surface area contributed by atoms with Crippen molar-refractivity contribution in [3.63, 3.8) is 0 Å². The van der Waals surface area contributed by atoms with Gasteiger partial charge in [0.2, 0.25) is 6.79 Å². The van der Waals surface area contributed by atoms with Crippen LogP contribution in [-0.2, 0) is 12.3 Å². The van der Waals surface area contributed by atoms with Crippen molar-refractivity contribution in [2.24, 2.45) is 0 Å². The van der Waals surface area contributed by atoms with Gasteiger partial charge in [-0.15, -0.1) is 11.3 Å². The highest BCUT2D eigenvalue weighted by Gasteiger charge is 2.25. The molecule has 0 saturated carbocycles. The van der Waals surface area contributed by atoms with E-state index < -0.39 is 0 Å². The molecule has 2 aliphatic rings. The van der Waals surface area contributed by atoms with Gasteiger partial charge in [-0.2, -0.15) is 0 Å². The van der Waals surface area contributed by atoms with Gasteiger partial charge in [-0.3, -0.25) is 19.1 Å². The number of furan rings is 1. The van der Waals surface area contributed by atoms with Gasteiger partial charge in [0.25, 0.3) is 11.5 Å². The van der Waals surface area contributed by atoms with Crippen LogP contribution in [0.1, 0.15) is 27.4 Å². The number of amides is 1. The van der Waals surface area contributed by atoms with Crippen molar-refractivity contribution in [1.82, 2.24) is 19.4 Å². The smallest absolute Gasteiger partial charge is 0.289 e. The van der Waals surface area contributed by atoms with Crippen LogP contribution in [0.3, 0.4) is 0 Å². The van der Waals surface area contributed by atoms with Crippen LogP contribution >= 0.6 is 23.1 Å². The topological polar surface area (TPSA) is 90.0 Å². The molecule has 0 unspecified atom stereocenters. The van der Waals surface area contributed by atoms with Gasteiger partial charge in [0.05, 0.1) is 16.8 Å². The number of ether oxygens (including phenoxy) is 2. The lowest BCUT2D eigenvalue weighted by Gasteiger charge is -2.34. The summed E-state index contributed by atoms with van der Waals surface area (Å²) >= 11 is 2.87. The average molecular weight is 601 g/mol. The first-order valence-electron chi connectivity index (χ1n) is 13.7. The minimum atomic E-state index is -0.107. The van der Waals surface area contributed by atoms with Crippen LogP contribution in [0.15, 0.2) is 80.4 Å². The van der Waals surface area contributed by atoms with E-state index in [1.807, 2.05) is 65.7 Å². The maximum absolute atomic E-state index is 13.4. The number of nitrogens with zero attached hydrogens (tertiary/aromatic N) is 4. The summed E-state index contributed by atoms with van der Waals surface area (Å²) in [6.07, 6.45) is 0. The number of benzene rings is 2. The van der Waals surface area contributed by atoms with Gasteiger partial charge in [0, 0.05) is 32.7 Å². The van der Waals surface area contributed by atoms with Crippen molar-refractivity contribution >= 4 is 39.2 Å². The number of thioether (sulfide) groups is 1. The molecular formula is C31H28N4O5S2. The van der Waals surface area contributed by atoms with Crippen LogP contribution in [-0.4, -0.2) is 58.2 Å². The summed E-state index contributed by atoms with van der Waals surface area (Å²) in [7, 11) is 0. The number of piperazine rings is 1. The Morgan fingerprint density at radius 1 is 1.00 bits per heavy atom. The van der Waals surface area contributed by atoms with Crippen LogP contribution in [0, 0.1) is 6.92 Å². The molecule has 7 rings (SSSR count). The molecule has 11 heteroatoms. The summed E-state index contributed by atoms with van der Waals surface area (Å²) in [5, 5.41) is 3.08. The van der Waals surface area contributed by atoms with Gasteiger partial charge < -0.3 is 18.8 Å². The number of carbonyl (C=O) groups excluding carboxylic acids is 1. The second-order valence-electron chi connectivity index (χ2n) is 10.3. The van der Waals surface area contributed by atoms with Gasteiger partial charge in [0.1, 0.15) is 10.6 Å². The fourth-order valence-electron chi connectivity index (χ4n) is 5.29. The Bertz CT molecular complexity index is 1840. The normalized spacial score (nSPS) is 15.0. The number of hydrogen-bond donors (Lipinski definition) is 0. The lowest BCUT2D eigenvalue weighted by atomic mass is 10.1. The van der Waals surface area contributed by atoms with Crippen LogP contribution in [0.4, 0.5) is 0 Å². The fourth-order valence-corrected chi connectivity index (χ4v) is 6.99. The van der Waals surface area contributed by atoms with Crippen LogP contribution in [0.25, 0.3) is 15.9 Å². The number of aryl methyl sites for hydroxylation is 1. The molecule has 0 atom stereocenters. The molecule has 0 bridgehead atoms. The van der Waals surface area contributed by atoms with Crippen LogP contribution in [0.5, 0.6) is 11.5 Å². The second-order valence-corrected chi connectivity index (χ2v) is 12.1. The fraction of sp³-hybridized carbons (Fsp3) is 0.258. The molecule has 0 aliphatic carbocycles. The maximum atomic E-state index is 13.4. The van der Waals surface area contributed by atoms with Gasteiger partial charge in [-0.25, -0.2) is 4.98 Å². The first-order chi connectivity index (χ1) is 20.5. The Kier molecular flexibility index (Phi) is 7.22. The Balaban J connectivity index is 1.01. The summed E-state index contributed by atoms with van der Waals surface area (Å²) < 4.78 is 18.6. The van der Waals surface area contributed by atoms with Crippen LogP contribution in [0.2, 0.25) is 0 Å². The average Bonchev–Trinajstić information content (AvgIpc) is 3.78. The van der Waals surface area contributed by atoms with E-state index in [0.717, 1.165) is 47.9 Å². The molecule has 2 aromatic carbocycles. The van der Waals surface area contributed by atoms with Gasteiger partial charge >= 0.3 is 0 Å². The number of rotatable bonds is 7. The summed E-state index contributed by atoms with van der Waals surface area (Å²) in [5.74, 6) is 2.88. The quantitative estimate of drug-likeness (QED) is 0.183. The molecule has 0 spiro atoms. The predicted molar refractivity (Wildman–Crippen MR) is 162 cm³/mol. The highest BCUT2D eigenvalue weighted by molar-refractivity contribution is 7.98. The molecular weight excluding hydrogens is 572 g/mol. The molecule has 0 radical (unpaired) electrons. The number of para-hydroxylation sites is 1. The summed E-state index contributed by atoms with van der Waals surface area (Å²) in [4.78, 5) is 36.4. The summed E-state index contributed by atoms with van der Waals surface area (Å²) in [5.41, 5.74) is 2.86. The third-order valence-electron chi connectivity index (χ3n) is 7.54. The predicted octanol–water partition coefficient (Wildman–Crippen LogP) is 5.33. The van der Waals surface area contributed by atoms with E-state index in [-0.39, 0.29) is 18.3 Å². The zero-order valence-corrected chi connectivity index (χ0v) is 24.6. The molecule has 5 aromatic rings. The molecule has 2 aliphatic heterocycles. The minimum Gasteiger partial charge on any atom is -0.455 e. The molecule has 214 valence electrons. The Morgan fingerprint density at radius 2 is 1.83 bits per heavy atom. The zero-order chi connectivity index (χ0) is 28.6. The molecule has 3 aromatic heterocycles. The van der Waals surface area contributed by atoms with Crippen molar-refractivity contribution in [1.29, 1.82) is 0 Å². The van der Waals surface area contributed by atoms with Gasteiger partial charge in [0.15, 0.2) is 22.4 Å². The Labute approximate surface area is 250 Å². The van der Waals surface area contributed by atoms with Crippen molar-refractivity contribution < 1.29 is 18.7 Å². The maximum Gasteiger partial charge on any atom is 0.289 e. The standard InChI is InChI=1S/C31H28N4O5S2/c1-20-4-2-3-5-24(20)35-29(36)23-10-15-41-28(23)32-31(35)42-18-22-7-9-26(40-22)30(37)34-13-11-33(12-14-34)17-21-6-8-25-27(16-21)39-19-38-25/h2-10,15-16H,11-14,17-19H2,1H3. The first-order valence-corrected chi connectivity index (χ1v) is 15.6. The molecule has 0 N–H and O–H groups in total. The first kappa shape index (κ1) is 26.8. The van der Waals surface area contributed by atoms with E-state index in [2.05, 4.69) is 11.0 Å². The van der Waals surface area contributed by atoms with E-state index in [1.165, 1.54) is 23.1 Å². The van der Waals surface area contributed by atoms with Gasteiger partial charge in [-0.05, 0) is 59.8 Å². The van der Waals surface area contributed by atoms with Crippen molar-refractivity contribution in [2.75, 3.05) is 33.0 Å². The minimum absolute atomic E-state index is 0.0916. The number of thiophene rings is 1. The highest BCUT2D eigenvalue weighted by Crippen LogP contribution is 2.33. The number of hydrogen-bond acceptors (Lipinski definition) is 9. The SMILES string of the molecule is Cc1ccccc1-n1c(SCc2ccc(C(=O)N3CCN(Cc4ccc5c(c4)OCO5)CC3)o2)nc2sccc2c1=O. The van der Waals surface area contributed by atoms with Crippen LogP contribution < -0.4 is 15.0 Å². The van der Waals surface area contributed by atoms with Crippen molar-refractivity contribution in [3.8, 4) is 17.2 Å². The molecule has 5 heterocycles. The number of fused-ring (bicyclic) bond motifs is 2.